The normalized spacial score (nSPS) is 11.3. The number of hydrogen-bond donors (Lipinski definition) is 2. The lowest BCUT2D eigenvalue weighted by Gasteiger charge is -2.10. The van der Waals surface area contributed by atoms with Gasteiger partial charge in [-0.25, -0.2) is 13.6 Å². The third-order valence-corrected chi connectivity index (χ3v) is 4.17. The van der Waals surface area contributed by atoms with Gasteiger partial charge in [0.15, 0.2) is 0 Å². The molecule has 2 aromatic carbocycles. The van der Waals surface area contributed by atoms with Crippen LogP contribution in [0.15, 0.2) is 47.4 Å². The highest BCUT2D eigenvalue weighted by atomic mass is 35.5. The number of primary sulfonamides is 1. The summed E-state index contributed by atoms with van der Waals surface area (Å²) in [5, 5.41) is 9.00. The Morgan fingerprint density at radius 1 is 1.20 bits per heavy atom. The van der Waals surface area contributed by atoms with Crippen molar-refractivity contribution in [1.82, 2.24) is 0 Å². The first-order valence-electron chi connectivity index (χ1n) is 5.98. The van der Waals surface area contributed by atoms with Gasteiger partial charge >= 0.3 is 0 Å². The van der Waals surface area contributed by atoms with Crippen LogP contribution in [0.3, 0.4) is 0 Å². The standard InChI is InChI=1S/C14H15ClN2O2S/c1-10-5-6-13(8-14(10)20(16,18)19)17-9-11-3-2-4-12(15)7-11/h2-8,17H,9H2,1H3,(H2,16,18,19). The molecule has 0 amide bonds. The summed E-state index contributed by atoms with van der Waals surface area (Å²) in [5.41, 5.74) is 2.33. The molecule has 3 N–H and O–H groups in total. The van der Waals surface area contributed by atoms with E-state index in [4.69, 9.17) is 16.7 Å². The number of nitrogens with two attached hydrogens (primary N) is 1. The summed E-state index contributed by atoms with van der Waals surface area (Å²) >= 11 is 5.91. The van der Waals surface area contributed by atoms with E-state index in [9.17, 15) is 8.42 Å². The molecule has 20 heavy (non-hydrogen) atoms. The molecule has 0 unspecified atom stereocenters. The van der Waals surface area contributed by atoms with Gasteiger partial charge in [0, 0.05) is 17.3 Å². The molecule has 2 rings (SSSR count). The average Bonchev–Trinajstić information content (AvgIpc) is 2.36. The topological polar surface area (TPSA) is 72.2 Å². The fourth-order valence-corrected chi connectivity index (χ4v) is 2.89. The summed E-state index contributed by atoms with van der Waals surface area (Å²) < 4.78 is 22.9. The molecular weight excluding hydrogens is 296 g/mol. The van der Waals surface area contributed by atoms with E-state index in [0.29, 0.717) is 22.8 Å². The second kappa shape index (κ2) is 5.83. The Morgan fingerprint density at radius 2 is 1.95 bits per heavy atom. The van der Waals surface area contributed by atoms with Gasteiger partial charge in [-0.1, -0.05) is 29.8 Å². The summed E-state index contributed by atoms with van der Waals surface area (Å²) in [5.74, 6) is 0. The molecule has 106 valence electrons. The van der Waals surface area contributed by atoms with Gasteiger partial charge in [-0.3, -0.25) is 0 Å². The number of benzene rings is 2. The van der Waals surface area contributed by atoms with Crippen LogP contribution in [-0.2, 0) is 16.6 Å². The van der Waals surface area contributed by atoms with Gasteiger partial charge in [0.25, 0.3) is 0 Å². The summed E-state index contributed by atoms with van der Waals surface area (Å²) in [7, 11) is -3.71. The molecular formula is C14H15ClN2O2S. The lowest BCUT2D eigenvalue weighted by Crippen LogP contribution is -2.14. The van der Waals surface area contributed by atoms with Crippen molar-refractivity contribution in [2.24, 2.45) is 5.14 Å². The van der Waals surface area contributed by atoms with Gasteiger partial charge in [-0.05, 0) is 42.3 Å². The minimum atomic E-state index is -3.71. The molecule has 0 aliphatic carbocycles. The van der Waals surface area contributed by atoms with E-state index in [1.165, 1.54) is 6.07 Å². The number of nitrogens with one attached hydrogen (secondary N) is 1. The zero-order valence-corrected chi connectivity index (χ0v) is 12.5. The van der Waals surface area contributed by atoms with Crippen molar-refractivity contribution in [3.63, 3.8) is 0 Å². The smallest absolute Gasteiger partial charge is 0.238 e. The monoisotopic (exact) mass is 310 g/mol. The Kier molecular flexibility index (Phi) is 4.32. The SMILES string of the molecule is Cc1ccc(NCc2cccc(Cl)c2)cc1S(N)(=O)=O. The van der Waals surface area contributed by atoms with Gasteiger partial charge in [-0.15, -0.1) is 0 Å². The van der Waals surface area contributed by atoms with Crippen molar-refractivity contribution < 1.29 is 8.42 Å². The number of anilines is 1. The average molecular weight is 311 g/mol. The fourth-order valence-electron chi connectivity index (χ4n) is 1.87. The fraction of sp³-hybridized carbons (Fsp3) is 0.143. The van der Waals surface area contributed by atoms with E-state index < -0.39 is 10.0 Å². The Bertz CT molecular complexity index is 730. The summed E-state index contributed by atoms with van der Waals surface area (Å²) in [6, 6.07) is 12.5. The molecule has 0 fully saturated rings. The maximum atomic E-state index is 11.5. The summed E-state index contributed by atoms with van der Waals surface area (Å²) in [4.78, 5) is 0.133. The molecule has 0 aliphatic heterocycles. The molecule has 0 aliphatic rings. The Hall–Kier alpha value is -1.56. The van der Waals surface area contributed by atoms with Crippen molar-refractivity contribution in [2.45, 2.75) is 18.4 Å². The number of halogens is 1. The van der Waals surface area contributed by atoms with Crippen LogP contribution in [0, 0.1) is 6.92 Å². The van der Waals surface area contributed by atoms with Crippen LogP contribution in [0.5, 0.6) is 0 Å². The molecule has 0 spiro atoms. The predicted molar refractivity (Wildman–Crippen MR) is 81.3 cm³/mol. The first-order valence-corrected chi connectivity index (χ1v) is 7.90. The molecule has 0 saturated carbocycles. The Morgan fingerprint density at radius 3 is 2.60 bits per heavy atom. The lowest BCUT2D eigenvalue weighted by molar-refractivity contribution is 0.597. The van der Waals surface area contributed by atoms with E-state index in [1.54, 1.807) is 19.1 Å². The largest absolute Gasteiger partial charge is 0.381 e. The Labute approximate surface area is 123 Å². The molecule has 0 radical (unpaired) electrons. The van der Waals surface area contributed by atoms with Crippen molar-refractivity contribution in [1.29, 1.82) is 0 Å². The number of hydrogen-bond acceptors (Lipinski definition) is 3. The highest BCUT2D eigenvalue weighted by molar-refractivity contribution is 7.89. The zero-order chi connectivity index (χ0) is 14.8. The second-order valence-corrected chi connectivity index (χ2v) is 6.48. The van der Waals surface area contributed by atoms with Gasteiger partial charge in [0.05, 0.1) is 4.90 Å². The lowest BCUT2D eigenvalue weighted by atomic mass is 10.2. The van der Waals surface area contributed by atoms with Gasteiger partial charge in [0.1, 0.15) is 0 Å². The quantitative estimate of drug-likeness (QED) is 0.912. The Balaban J connectivity index is 2.19. The highest BCUT2D eigenvalue weighted by Gasteiger charge is 2.11. The second-order valence-electron chi connectivity index (χ2n) is 4.51. The number of rotatable bonds is 4. The third kappa shape index (κ3) is 3.72. The van der Waals surface area contributed by atoms with Crippen LogP contribution in [0.2, 0.25) is 5.02 Å². The third-order valence-electron chi connectivity index (χ3n) is 2.88. The highest BCUT2D eigenvalue weighted by Crippen LogP contribution is 2.20. The molecule has 0 atom stereocenters. The number of sulfonamides is 1. The van der Waals surface area contributed by atoms with Crippen LogP contribution in [0.4, 0.5) is 5.69 Å². The maximum absolute atomic E-state index is 11.5. The molecule has 0 saturated heterocycles. The zero-order valence-electron chi connectivity index (χ0n) is 10.9. The van der Waals surface area contributed by atoms with Gasteiger partial charge in [0.2, 0.25) is 10.0 Å². The molecule has 4 nitrogen and oxygen atoms in total. The van der Waals surface area contributed by atoms with Crippen molar-refractivity contribution in [3.8, 4) is 0 Å². The molecule has 0 heterocycles. The van der Waals surface area contributed by atoms with Crippen LogP contribution in [0.25, 0.3) is 0 Å². The van der Waals surface area contributed by atoms with E-state index in [-0.39, 0.29) is 4.90 Å². The first kappa shape index (κ1) is 14.8. The van der Waals surface area contributed by atoms with Gasteiger partial charge in [-0.2, -0.15) is 0 Å². The van der Waals surface area contributed by atoms with E-state index in [1.807, 2.05) is 24.3 Å². The first-order chi connectivity index (χ1) is 9.36. The molecule has 0 aromatic heterocycles. The van der Waals surface area contributed by atoms with E-state index in [0.717, 1.165) is 5.56 Å². The molecule has 0 bridgehead atoms. The van der Waals surface area contributed by atoms with Crippen molar-refractivity contribution >= 4 is 27.3 Å². The summed E-state index contributed by atoms with van der Waals surface area (Å²) in [6.45, 7) is 2.26. The van der Waals surface area contributed by atoms with E-state index >= 15 is 0 Å². The minimum Gasteiger partial charge on any atom is -0.381 e. The minimum absolute atomic E-state index is 0.133. The predicted octanol–water partition coefficient (Wildman–Crippen LogP) is 2.91. The van der Waals surface area contributed by atoms with Crippen LogP contribution in [0.1, 0.15) is 11.1 Å². The maximum Gasteiger partial charge on any atom is 0.238 e. The van der Waals surface area contributed by atoms with Gasteiger partial charge < -0.3 is 5.32 Å². The van der Waals surface area contributed by atoms with Crippen molar-refractivity contribution in [2.75, 3.05) is 5.32 Å². The van der Waals surface area contributed by atoms with Crippen LogP contribution < -0.4 is 10.5 Å². The van der Waals surface area contributed by atoms with Crippen LogP contribution in [-0.4, -0.2) is 8.42 Å². The number of aryl methyl sites for hydroxylation is 1. The van der Waals surface area contributed by atoms with E-state index in [2.05, 4.69) is 5.32 Å². The van der Waals surface area contributed by atoms with Crippen molar-refractivity contribution in [3.05, 3.63) is 58.6 Å². The van der Waals surface area contributed by atoms with Crippen LogP contribution >= 0.6 is 11.6 Å². The molecule has 6 heteroatoms. The molecule has 2 aromatic rings. The summed E-state index contributed by atoms with van der Waals surface area (Å²) in [6.07, 6.45) is 0.